The van der Waals surface area contributed by atoms with Crippen molar-refractivity contribution in [3.05, 3.63) is 11.9 Å². The molecule has 0 spiro atoms. The summed E-state index contributed by atoms with van der Waals surface area (Å²) in [4.78, 5) is 7.98. The highest BCUT2D eigenvalue weighted by Gasteiger charge is 2.02. The van der Waals surface area contributed by atoms with E-state index in [1.807, 2.05) is 6.92 Å². The van der Waals surface area contributed by atoms with Crippen molar-refractivity contribution in [2.75, 3.05) is 12.5 Å². The molecule has 0 amide bonds. The molecule has 0 aliphatic rings. The first-order chi connectivity index (χ1) is 5.27. The van der Waals surface area contributed by atoms with Gasteiger partial charge in [0.2, 0.25) is 5.82 Å². The first-order valence-electron chi connectivity index (χ1n) is 3.12. The minimum atomic E-state index is 0.410. The fraction of sp³-hybridized carbons (Fsp3) is 0.333. The van der Waals surface area contributed by atoms with Gasteiger partial charge in [-0.15, -0.1) is 0 Å². The Bertz CT molecular complexity index is 250. The average molecular weight is 154 g/mol. The summed E-state index contributed by atoms with van der Waals surface area (Å²) >= 11 is 0. The third-order valence-corrected chi connectivity index (χ3v) is 1.19. The van der Waals surface area contributed by atoms with Gasteiger partial charge < -0.3 is 10.2 Å². The molecule has 0 aliphatic carbocycles. The summed E-state index contributed by atoms with van der Waals surface area (Å²) < 4.78 is 4.90. The van der Waals surface area contributed by atoms with Gasteiger partial charge in [0.05, 0.1) is 19.0 Å². The monoisotopic (exact) mass is 154 g/mol. The number of anilines is 1. The Kier molecular flexibility index (Phi) is 2.22. The van der Waals surface area contributed by atoms with Crippen LogP contribution in [0.1, 0.15) is 5.69 Å². The SMILES string of the molecule is COc1nc(C)cnc1NN. The molecule has 1 rings (SSSR count). The Morgan fingerprint density at radius 3 is 2.91 bits per heavy atom. The van der Waals surface area contributed by atoms with E-state index in [4.69, 9.17) is 10.6 Å². The Labute approximate surface area is 64.6 Å². The maximum absolute atomic E-state index is 5.14. The summed E-state index contributed by atoms with van der Waals surface area (Å²) in [6.07, 6.45) is 1.61. The van der Waals surface area contributed by atoms with E-state index >= 15 is 0 Å². The number of aromatic nitrogens is 2. The number of nitrogens with zero attached hydrogens (tertiary/aromatic N) is 2. The molecule has 60 valence electrons. The van der Waals surface area contributed by atoms with Gasteiger partial charge in [-0.1, -0.05) is 0 Å². The summed E-state index contributed by atoms with van der Waals surface area (Å²) in [6.45, 7) is 1.83. The fourth-order valence-corrected chi connectivity index (χ4v) is 0.697. The number of hydrazine groups is 1. The van der Waals surface area contributed by atoms with Crippen molar-refractivity contribution in [1.29, 1.82) is 0 Å². The van der Waals surface area contributed by atoms with Gasteiger partial charge in [0.1, 0.15) is 0 Å². The predicted octanol–water partition coefficient (Wildman–Crippen LogP) is 0.0792. The first kappa shape index (κ1) is 7.74. The Balaban J connectivity index is 3.06. The lowest BCUT2D eigenvalue weighted by Gasteiger charge is -2.04. The van der Waals surface area contributed by atoms with Gasteiger partial charge in [-0.25, -0.2) is 15.8 Å². The second kappa shape index (κ2) is 3.16. The Morgan fingerprint density at radius 1 is 1.64 bits per heavy atom. The molecule has 0 fully saturated rings. The zero-order chi connectivity index (χ0) is 8.27. The molecule has 0 saturated carbocycles. The number of methoxy groups -OCH3 is 1. The van der Waals surface area contributed by atoms with Gasteiger partial charge in [-0.3, -0.25) is 0 Å². The molecular weight excluding hydrogens is 144 g/mol. The molecule has 0 unspecified atom stereocenters. The second-order valence-corrected chi connectivity index (χ2v) is 2.01. The fourth-order valence-electron chi connectivity index (χ4n) is 0.697. The summed E-state index contributed by atoms with van der Waals surface area (Å²) in [7, 11) is 1.52. The molecule has 0 radical (unpaired) electrons. The molecule has 5 nitrogen and oxygen atoms in total. The predicted molar refractivity (Wildman–Crippen MR) is 41.1 cm³/mol. The highest BCUT2D eigenvalue weighted by molar-refractivity contribution is 5.43. The summed E-state index contributed by atoms with van der Waals surface area (Å²) in [5.74, 6) is 6.00. The van der Waals surface area contributed by atoms with E-state index in [9.17, 15) is 0 Å². The highest BCUT2D eigenvalue weighted by atomic mass is 16.5. The molecule has 0 saturated heterocycles. The number of ether oxygens (including phenoxy) is 1. The second-order valence-electron chi connectivity index (χ2n) is 2.01. The molecule has 11 heavy (non-hydrogen) atoms. The standard InChI is InChI=1S/C6H10N4O/c1-4-3-8-5(10-7)6(9-4)11-2/h3H,7H2,1-2H3,(H,8,10). The molecule has 1 heterocycles. The van der Waals surface area contributed by atoms with E-state index < -0.39 is 0 Å². The van der Waals surface area contributed by atoms with Crippen molar-refractivity contribution in [2.45, 2.75) is 6.92 Å². The number of aryl methyl sites for hydroxylation is 1. The van der Waals surface area contributed by atoms with E-state index in [2.05, 4.69) is 15.4 Å². The third-order valence-electron chi connectivity index (χ3n) is 1.19. The zero-order valence-corrected chi connectivity index (χ0v) is 6.46. The number of nitrogen functional groups attached to an aromatic ring is 1. The largest absolute Gasteiger partial charge is 0.478 e. The van der Waals surface area contributed by atoms with Crippen LogP contribution in [0.25, 0.3) is 0 Å². The van der Waals surface area contributed by atoms with Crippen LogP contribution >= 0.6 is 0 Å². The number of hydrogen-bond acceptors (Lipinski definition) is 5. The molecule has 1 aromatic rings. The lowest BCUT2D eigenvalue weighted by molar-refractivity contribution is 0.397. The van der Waals surface area contributed by atoms with E-state index in [0.29, 0.717) is 11.7 Å². The van der Waals surface area contributed by atoms with Crippen LogP contribution < -0.4 is 16.0 Å². The van der Waals surface area contributed by atoms with Gasteiger partial charge in [-0.2, -0.15) is 0 Å². The molecule has 5 heteroatoms. The molecule has 0 aromatic carbocycles. The maximum atomic E-state index is 5.14. The van der Waals surface area contributed by atoms with Gasteiger partial charge in [0.25, 0.3) is 5.88 Å². The van der Waals surface area contributed by atoms with E-state index in [-0.39, 0.29) is 0 Å². The van der Waals surface area contributed by atoms with Crippen molar-refractivity contribution in [1.82, 2.24) is 9.97 Å². The minimum absolute atomic E-state index is 0.410. The van der Waals surface area contributed by atoms with Crippen LogP contribution in [-0.2, 0) is 0 Å². The van der Waals surface area contributed by atoms with E-state index in [1.54, 1.807) is 6.20 Å². The molecule has 3 N–H and O–H groups in total. The highest BCUT2D eigenvalue weighted by Crippen LogP contribution is 2.15. The quantitative estimate of drug-likeness (QED) is 0.466. The van der Waals surface area contributed by atoms with Crippen LogP contribution in [0, 0.1) is 6.92 Å². The van der Waals surface area contributed by atoms with Crippen LogP contribution in [0.15, 0.2) is 6.20 Å². The molecule has 0 aliphatic heterocycles. The molecule has 1 aromatic heterocycles. The number of hydrogen-bond donors (Lipinski definition) is 2. The molecule has 0 atom stereocenters. The van der Waals surface area contributed by atoms with Crippen LogP contribution in [0.2, 0.25) is 0 Å². The van der Waals surface area contributed by atoms with Crippen molar-refractivity contribution < 1.29 is 4.74 Å². The summed E-state index contributed by atoms with van der Waals surface area (Å²) in [5.41, 5.74) is 3.17. The average Bonchev–Trinajstić information content (AvgIpc) is 2.04. The molecular formula is C6H10N4O. The lowest BCUT2D eigenvalue weighted by atomic mass is 10.5. The summed E-state index contributed by atoms with van der Waals surface area (Å²) in [6, 6.07) is 0. The number of nitrogens with one attached hydrogen (secondary N) is 1. The minimum Gasteiger partial charge on any atom is -0.478 e. The van der Waals surface area contributed by atoms with Crippen molar-refractivity contribution in [2.24, 2.45) is 5.84 Å². The molecule has 0 bridgehead atoms. The summed E-state index contributed by atoms with van der Waals surface area (Å²) in [5, 5.41) is 0. The smallest absolute Gasteiger partial charge is 0.258 e. The lowest BCUT2D eigenvalue weighted by Crippen LogP contribution is -2.10. The van der Waals surface area contributed by atoms with Crippen molar-refractivity contribution >= 4 is 5.82 Å². The van der Waals surface area contributed by atoms with Crippen molar-refractivity contribution in [3.8, 4) is 5.88 Å². The van der Waals surface area contributed by atoms with E-state index in [1.165, 1.54) is 7.11 Å². The third kappa shape index (κ3) is 1.56. The normalized spacial score (nSPS) is 9.36. The Morgan fingerprint density at radius 2 is 2.36 bits per heavy atom. The van der Waals surface area contributed by atoms with Gasteiger partial charge >= 0.3 is 0 Å². The van der Waals surface area contributed by atoms with E-state index in [0.717, 1.165) is 5.69 Å². The van der Waals surface area contributed by atoms with Crippen LogP contribution in [0.5, 0.6) is 5.88 Å². The maximum Gasteiger partial charge on any atom is 0.258 e. The van der Waals surface area contributed by atoms with Crippen LogP contribution in [0.3, 0.4) is 0 Å². The number of nitrogens with two attached hydrogens (primary N) is 1. The van der Waals surface area contributed by atoms with Gasteiger partial charge in [0, 0.05) is 0 Å². The zero-order valence-electron chi connectivity index (χ0n) is 6.46. The van der Waals surface area contributed by atoms with Crippen LogP contribution in [0.4, 0.5) is 5.82 Å². The van der Waals surface area contributed by atoms with Gasteiger partial charge in [-0.05, 0) is 6.92 Å². The van der Waals surface area contributed by atoms with Gasteiger partial charge in [0.15, 0.2) is 0 Å². The topological polar surface area (TPSA) is 73.1 Å². The van der Waals surface area contributed by atoms with Crippen LogP contribution in [-0.4, -0.2) is 17.1 Å². The first-order valence-corrected chi connectivity index (χ1v) is 3.12. The van der Waals surface area contributed by atoms with Crippen molar-refractivity contribution in [3.63, 3.8) is 0 Å². The number of rotatable bonds is 2. The Hall–Kier alpha value is -1.36.